The van der Waals surface area contributed by atoms with Gasteiger partial charge in [-0.05, 0) is 62.4 Å². The number of nitriles is 1. The molecule has 12 nitrogen and oxygen atoms in total. The number of benzene rings is 2. The molecule has 0 aliphatic rings. The normalized spacial score (nSPS) is 12.6. The van der Waals surface area contributed by atoms with Crippen LogP contribution in [0.3, 0.4) is 0 Å². The van der Waals surface area contributed by atoms with Crippen molar-refractivity contribution in [2.24, 2.45) is 0 Å². The zero-order valence-corrected chi connectivity index (χ0v) is 25.0. The molecule has 1 N–H and O–H groups in total. The standard InChI is InChI=1S/C30H28F3N9O3/c1-18(27-37-25(38-45-27)17-42(3,4)5)36-28(43)40-26(24-13-14-35-41(24)22-11-9-20(16-34)10-12-22)19(2)39(29(40)44)23-8-6-7-21(15-23)30(31,32)33/h6-15,18H,17H2,1-5H3/p+1. The van der Waals surface area contributed by atoms with Gasteiger partial charge in [0.1, 0.15) is 18.3 Å². The first-order chi connectivity index (χ1) is 21.2. The second-order valence-electron chi connectivity index (χ2n) is 11.4. The highest BCUT2D eigenvalue weighted by Gasteiger charge is 2.32. The molecule has 0 aliphatic carbocycles. The molecule has 15 heteroatoms. The predicted molar refractivity (Wildman–Crippen MR) is 155 cm³/mol. The average molecular weight is 621 g/mol. The zero-order valence-electron chi connectivity index (χ0n) is 25.0. The van der Waals surface area contributed by atoms with Gasteiger partial charge in [0, 0.05) is 0 Å². The molecule has 0 saturated heterocycles. The number of carbonyl (C=O) groups is 1. The van der Waals surface area contributed by atoms with Gasteiger partial charge in [-0.25, -0.2) is 18.8 Å². The maximum absolute atomic E-state index is 14.0. The van der Waals surface area contributed by atoms with Gasteiger partial charge in [0.25, 0.3) is 0 Å². The van der Waals surface area contributed by atoms with Gasteiger partial charge in [0.15, 0.2) is 0 Å². The van der Waals surface area contributed by atoms with Gasteiger partial charge in [-0.2, -0.15) is 28.5 Å². The smallest absolute Gasteiger partial charge is 0.337 e. The first-order valence-corrected chi connectivity index (χ1v) is 13.7. The van der Waals surface area contributed by atoms with Crippen LogP contribution in [0, 0.1) is 18.3 Å². The summed E-state index contributed by atoms with van der Waals surface area (Å²) >= 11 is 0. The molecule has 0 radical (unpaired) electrons. The highest BCUT2D eigenvalue weighted by atomic mass is 19.4. The molecule has 45 heavy (non-hydrogen) atoms. The minimum absolute atomic E-state index is 0.0835. The zero-order chi connectivity index (χ0) is 32.7. The number of nitrogens with zero attached hydrogens (tertiary/aromatic N) is 8. The summed E-state index contributed by atoms with van der Waals surface area (Å²) in [6, 6.07) is 12.6. The summed E-state index contributed by atoms with van der Waals surface area (Å²) in [4.78, 5) is 32.2. The minimum atomic E-state index is -4.66. The van der Waals surface area contributed by atoms with Crippen LogP contribution in [0.25, 0.3) is 22.8 Å². The van der Waals surface area contributed by atoms with E-state index in [-0.39, 0.29) is 23.0 Å². The number of imidazole rings is 1. The molecule has 1 atom stereocenters. The lowest BCUT2D eigenvalue weighted by molar-refractivity contribution is -0.884. The van der Waals surface area contributed by atoms with Crippen molar-refractivity contribution >= 4 is 6.03 Å². The maximum Gasteiger partial charge on any atom is 0.416 e. The first-order valence-electron chi connectivity index (χ1n) is 13.7. The van der Waals surface area contributed by atoms with E-state index in [0.29, 0.717) is 33.8 Å². The third-order valence-corrected chi connectivity index (χ3v) is 6.86. The van der Waals surface area contributed by atoms with Crippen molar-refractivity contribution in [1.29, 1.82) is 5.26 Å². The Labute approximate surface area is 255 Å². The molecule has 0 fully saturated rings. The highest BCUT2D eigenvalue weighted by Crippen LogP contribution is 2.32. The molecule has 3 aromatic heterocycles. The molecule has 5 aromatic rings. The molecular weight excluding hydrogens is 591 g/mol. The summed E-state index contributed by atoms with van der Waals surface area (Å²) in [5.41, 5.74) is -0.456. The Morgan fingerprint density at radius 2 is 1.82 bits per heavy atom. The number of hydrogen-bond acceptors (Lipinski definition) is 7. The molecule has 0 bridgehead atoms. The molecule has 232 valence electrons. The summed E-state index contributed by atoms with van der Waals surface area (Å²) in [6.07, 6.45) is -3.20. The largest absolute Gasteiger partial charge is 0.416 e. The molecule has 1 unspecified atom stereocenters. The van der Waals surface area contributed by atoms with Crippen LogP contribution >= 0.6 is 0 Å². The number of carbonyl (C=O) groups excluding carboxylic acids is 1. The van der Waals surface area contributed by atoms with E-state index in [2.05, 4.69) is 20.6 Å². The van der Waals surface area contributed by atoms with Crippen LogP contribution in [0.15, 0.2) is 70.1 Å². The number of nitrogens with one attached hydrogen (secondary N) is 1. The fourth-order valence-corrected chi connectivity index (χ4v) is 4.83. The van der Waals surface area contributed by atoms with E-state index < -0.39 is 29.5 Å². The first kappa shape index (κ1) is 31.0. The molecule has 0 saturated carbocycles. The lowest BCUT2D eigenvalue weighted by Gasteiger charge is -2.21. The second-order valence-corrected chi connectivity index (χ2v) is 11.4. The van der Waals surface area contributed by atoms with E-state index in [9.17, 15) is 28.0 Å². The number of rotatable bonds is 7. The van der Waals surface area contributed by atoms with Crippen LogP contribution < -0.4 is 11.0 Å². The van der Waals surface area contributed by atoms with Crippen LogP contribution in [-0.4, -0.2) is 60.7 Å². The molecule has 0 spiro atoms. The number of halogens is 3. The van der Waals surface area contributed by atoms with Crippen LogP contribution in [0.2, 0.25) is 0 Å². The maximum atomic E-state index is 14.0. The topological polar surface area (TPSA) is 137 Å². The van der Waals surface area contributed by atoms with E-state index in [0.717, 1.165) is 21.3 Å². The van der Waals surface area contributed by atoms with Crippen LogP contribution in [0.5, 0.6) is 0 Å². The Kier molecular flexibility index (Phi) is 7.94. The molecule has 5 rings (SSSR count). The van der Waals surface area contributed by atoms with Crippen molar-refractivity contribution in [2.75, 3.05) is 21.1 Å². The number of amides is 1. The Bertz CT molecular complexity index is 1970. The van der Waals surface area contributed by atoms with Crippen LogP contribution in [0.4, 0.5) is 18.0 Å². The summed E-state index contributed by atoms with van der Waals surface area (Å²) < 4.78 is 50.0. The van der Waals surface area contributed by atoms with E-state index >= 15 is 0 Å². The van der Waals surface area contributed by atoms with Gasteiger partial charge in [0.05, 0.1) is 67.3 Å². The second kappa shape index (κ2) is 11.5. The van der Waals surface area contributed by atoms with E-state index in [1.807, 2.05) is 27.2 Å². The van der Waals surface area contributed by atoms with Crippen molar-refractivity contribution in [3.8, 4) is 28.8 Å². The van der Waals surface area contributed by atoms with Crippen LogP contribution in [-0.2, 0) is 12.7 Å². The molecule has 0 aliphatic heterocycles. The molecule has 2 aromatic carbocycles. The third-order valence-electron chi connectivity index (χ3n) is 6.86. The number of alkyl halides is 3. The fraction of sp³-hybridized carbons (Fsp3) is 0.267. The minimum Gasteiger partial charge on any atom is -0.337 e. The Balaban J connectivity index is 1.63. The Morgan fingerprint density at radius 3 is 2.47 bits per heavy atom. The average Bonchev–Trinajstić information content (AvgIpc) is 3.69. The highest BCUT2D eigenvalue weighted by molar-refractivity contribution is 5.83. The lowest BCUT2D eigenvalue weighted by Crippen LogP contribution is -2.38. The Hall–Kier alpha value is -5.49. The van der Waals surface area contributed by atoms with Crippen molar-refractivity contribution in [3.63, 3.8) is 0 Å². The molecule has 3 heterocycles. The molecular formula is C30H29F3N9O3+. The van der Waals surface area contributed by atoms with Gasteiger partial charge in [-0.1, -0.05) is 11.2 Å². The van der Waals surface area contributed by atoms with Gasteiger partial charge in [0.2, 0.25) is 11.7 Å². The summed E-state index contributed by atoms with van der Waals surface area (Å²) in [6.45, 7) is 3.59. The van der Waals surface area contributed by atoms with Gasteiger partial charge >= 0.3 is 17.9 Å². The lowest BCUT2D eigenvalue weighted by atomic mass is 10.2. The van der Waals surface area contributed by atoms with Gasteiger partial charge in [-0.3, -0.25) is 4.57 Å². The fourth-order valence-electron chi connectivity index (χ4n) is 4.83. The van der Waals surface area contributed by atoms with E-state index in [1.165, 1.54) is 29.9 Å². The number of aromatic nitrogens is 6. The quantitative estimate of drug-likeness (QED) is 0.263. The molecule has 1 amide bonds. The Morgan fingerprint density at radius 1 is 1.11 bits per heavy atom. The van der Waals surface area contributed by atoms with Crippen molar-refractivity contribution < 1.29 is 27.0 Å². The summed E-state index contributed by atoms with van der Waals surface area (Å²) in [5.74, 6) is 0.535. The summed E-state index contributed by atoms with van der Waals surface area (Å²) in [7, 11) is 5.86. The monoisotopic (exact) mass is 620 g/mol. The van der Waals surface area contributed by atoms with Gasteiger partial charge < -0.3 is 14.3 Å². The van der Waals surface area contributed by atoms with Crippen molar-refractivity contribution in [3.05, 3.63) is 99.8 Å². The van der Waals surface area contributed by atoms with Crippen LogP contribution in [0.1, 0.15) is 41.5 Å². The van der Waals surface area contributed by atoms with E-state index in [4.69, 9.17) is 4.52 Å². The number of quaternary nitrogens is 1. The number of hydrogen-bond donors (Lipinski definition) is 1. The van der Waals surface area contributed by atoms with Gasteiger partial charge in [-0.15, -0.1) is 0 Å². The van der Waals surface area contributed by atoms with E-state index in [1.54, 1.807) is 37.3 Å². The predicted octanol–water partition coefficient (Wildman–Crippen LogP) is 4.60. The van der Waals surface area contributed by atoms with Crippen molar-refractivity contribution in [1.82, 2.24) is 34.4 Å². The van der Waals surface area contributed by atoms with Crippen molar-refractivity contribution in [2.45, 2.75) is 32.6 Å². The summed E-state index contributed by atoms with van der Waals surface area (Å²) in [5, 5.41) is 20.2. The SMILES string of the molecule is Cc1c(-c2ccnn2-c2ccc(C#N)cc2)n(C(=O)NC(C)c2nc(C[N+](C)(C)C)no2)c(=O)n1-c1cccc(C(F)(F)F)c1. The third kappa shape index (κ3) is 6.27.